The maximum Gasteiger partial charge on any atom is 0.311 e. The first-order chi connectivity index (χ1) is 11.1. The molecule has 0 atom stereocenters. The standard InChI is InChI=1S/C18H15Cl2NO2/c19-13-8-9-17(15(20)10-13)23-18(22)7-3-4-12-11-21-16-6-2-1-5-14(12)16/h1-2,5-6,8-11,21H,3-4,7H2. The summed E-state index contributed by atoms with van der Waals surface area (Å²) < 4.78 is 5.27. The largest absolute Gasteiger partial charge is 0.425 e. The van der Waals surface area contributed by atoms with Crippen LogP contribution in [0.5, 0.6) is 5.75 Å². The van der Waals surface area contributed by atoms with Crippen molar-refractivity contribution in [1.29, 1.82) is 0 Å². The van der Waals surface area contributed by atoms with Crippen LogP contribution in [0.2, 0.25) is 10.0 Å². The molecule has 0 aliphatic heterocycles. The van der Waals surface area contributed by atoms with E-state index in [1.54, 1.807) is 18.2 Å². The molecule has 5 heteroatoms. The van der Waals surface area contributed by atoms with Crippen molar-refractivity contribution < 1.29 is 9.53 Å². The summed E-state index contributed by atoms with van der Waals surface area (Å²) >= 11 is 11.8. The zero-order chi connectivity index (χ0) is 16.2. The molecule has 3 nitrogen and oxygen atoms in total. The second-order valence-electron chi connectivity index (χ2n) is 5.26. The minimum atomic E-state index is -0.297. The van der Waals surface area contributed by atoms with Gasteiger partial charge in [0.2, 0.25) is 0 Å². The molecule has 3 aromatic rings. The van der Waals surface area contributed by atoms with Crippen molar-refractivity contribution in [1.82, 2.24) is 4.98 Å². The number of para-hydroxylation sites is 1. The molecule has 0 unspecified atom stereocenters. The third-order valence-electron chi connectivity index (χ3n) is 3.62. The molecule has 0 fully saturated rings. The van der Waals surface area contributed by atoms with Crippen LogP contribution in [-0.2, 0) is 11.2 Å². The van der Waals surface area contributed by atoms with E-state index in [0.29, 0.717) is 28.6 Å². The lowest BCUT2D eigenvalue weighted by molar-refractivity contribution is -0.134. The number of aromatic amines is 1. The molecule has 0 amide bonds. The Kier molecular flexibility index (Phi) is 4.89. The molecular weight excluding hydrogens is 333 g/mol. The van der Waals surface area contributed by atoms with E-state index in [4.69, 9.17) is 27.9 Å². The lowest BCUT2D eigenvalue weighted by Crippen LogP contribution is -2.08. The molecule has 1 aromatic heterocycles. The van der Waals surface area contributed by atoms with Crippen molar-refractivity contribution in [2.24, 2.45) is 0 Å². The minimum Gasteiger partial charge on any atom is -0.425 e. The number of aryl methyl sites for hydroxylation is 1. The van der Waals surface area contributed by atoms with E-state index >= 15 is 0 Å². The average molecular weight is 348 g/mol. The molecule has 118 valence electrons. The van der Waals surface area contributed by atoms with Crippen molar-refractivity contribution in [3.63, 3.8) is 0 Å². The Labute approximate surface area is 144 Å². The predicted octanol–water partition coefficient (Wildman–Crippen LogP) is 5.40. The summed E-state index contributed by atoms with van der Waals surface area (Å²) in [4.78, 5) is 15.2. The van der Waals surface area contributed by atoms with Gasteiger partial charge in [-0.1, -0.05) is 41.4 Å². The molecule has 0 aliphatic rings. The normalized spacial score (nSPS) is 10.9. The van der Waals surface area contributed by atoms with E-state index < -0.39 is 0 Å². The van der Waals surface area contributed by atoms with E-state index in [-0.39, 0.29) is 5.97 Å². The lowest BCUT2D eigenvalue weighted by atomic mass is 10.1. The van der Waals surface area contributed by atoms with E-state index in [0.717, 1.165) is 11.9 Å². The maximum atomic E-state index is 11.9. The Morgan fingerprint density at radius 1 is 1.13 bits per heavy atom. The zero-order valence-corrected chi connectivity index (χ0v) is 13.8. The fourth-order valence-electron chi connectivity index (χ4n) is 2.49. The number of hydrogen-bond acceptors (Lipinski definition) is 2. The third kappa shape index (κ3) is 3.87. The van der Waals surface area contributed by atoms with Gasteiger partial charge in [-0.3, -0.25) is 4.79 Å². The van der Waals surface area contributed by atoms with Crippen molar-refractivity contribution in [3.8, 4) is 5.75 Å². The van der Waals surface area contributed by atoms with Crippen LogP contribution in [0.4, 0.5) is 0 Å². The minimum absolute atomic E-state index is 0.297. The molecular formula is C18H15Cl2NO2. The maximum absolute atomic E-state index is 11.9. The number of rotatable bonds is 5. The van der Waals surface area contributed by atoms with Crippen LogP contribution in [0.3, 0.4) is 0 Å². The van der Waals surface area contributed by atoms with E-state index in [2.05, 4.69) is 11.1 Å². The molecule has 0 spiro atoms. The summed E-state index contributed by atoms with van der Waals surface area (Å²) in [6.45, 7) is 0. The average Bonchev–Trinajstić information content (AvgIpc) is 2.94. The lowest BCUT2D eigenvalue weighted by Gasteiger charge is -2.06. The Hall–Kier alpha value is -1.97. The van der Waals surface area contributed by atoms with Gasteiger partial charge >= 0.3 is 5.97 Å². The molecule has 0 radical (unpaired) electrons. The molecule has 3 rings (SSSR count). The molecule has 1 N–H and O–H groups in total. The highest BCUT2D eigenvalue weighted by molar-refractivity contribution is 6.35. The number of esters is 1. The number of benzene rings is 2. The summed E-state index contributed by atoms with van der Waals surface area (Å²) in [5, 5.41) is 2.04. The SMILES string of the molecule is O=C(CCCc1c[nH]c2ccccc12)Oc1ccc(Cl)cc1Cl. The summed E-state index contributed by atoms with van der Waals surface area (Å²) in [6, 6.07) is 12.9. The molecule has 0 aliphatic carbocycles. The quantitative estimate of drug-likeness (QED) is 0.495. The molecule has 0 saturated heterocycles. The van der Waals surface area contributed by atoms with Crippen molar-refractivity contribution in [2.75, 3.05) is 0 Å². The summed E-state index contributed by atoms with van der Waals surface area (Å²) in [5.74, 6) is 0.0437. The zero-order valence-electron chi connectivity index (χ0n) is 12.3. The number of halogens is 2. The molecule has 1 heterocycles. The third-order valence-corrected chi connectivity index (χ3v) is 4.15. The smallest absolute Gasteiger partial charge is 0.311 e. The van der Waals surface area contributed by atoms with Gasteiger partial charge in [0.25, 0.3) is 0 Å². The van der Waals surface area contributed by atoms with Crippen LogP contribution in [0, 0.1) is 0 Å². The Bertz CT molecular complexity index is 842. The fourth-order valence-corrected chi connectivity index (χ4v) is 2.94. The number of nitrogens with one attached hydrogen (secondary N) is 1. The summed E-state index contributed by atoms with van der Waals surface area (Å²) in [6.07, 6.45) is 3.85. The van der Waals surface area contributed by atoms with E-state index in [1.165, 1.54) is 10.9 Å². The van der Waals surface area contributed by atoms with Gasteiger partial charge in [0.1, 0.15) is 5.75 Å². The monoisotopic (exact) mass is 347 g/mol. The van der Waals surface area contributed by atoms with Crippen molar-refractivity contribution >= 4 is 40.1 Å². The van der Waals surface area contributed by atoms with Gasteiger partial charge in [-0.2, -0.15) is 0 Å². The number of H-pyrrole nitrogens is 1. The number of carbonyl (C=O) groups excluding carboxylic acids is 1. The first-order valence-electron chi connectivity index (χ1n) is 7.34. The van der Waals surface area contributed by atoms with Gasteiger partial charge in [0.15, 0.2) is 0 Å². The van der Waals surface area contributed by atoms with Gasteiger partial charge in [0.05, 0.1) is 5.02 Å². The number of ether oxygens (including phenoxy) is 1. The Morgan fingerprint density at radius 2 is 1.96 bits per heavy atom. The van der Waals surface area contributed by atoms with Crippen molar-refractivity contribution in [2.45, 2.75) is 19.3 Å². The van der Waals surface area contributed by atoms with Gasteiger partial charge in [-0.05, 0) is 42.7 Å². The second-order valence-corrected chi connectivity index (χ2v) is 6.11. The van der Waals surface area contributed by atoms with E-state index in [9.17, 15) is 4.79 Å². The molecule has 23 heavy (non-hydrogen) atoms. The Morgan fingerprint density at radius 3 is 2.78 bits per heavy atom. The first kappa shape index (κ1) is 15.9. The first-order valence-corrected chi connectivity index (χ1v) is 8.10. The van der Waals surface area contributed by atoms with Gasteiger partial charge in [-0.15, -0.1) is 0 Å². The fraction of sp³-hybridized carbons (Fsp3) is 0.167. The highest BCUT2D eigenvalue weighted by Gasteiger charge is 2.10. The number of carbonyl (C=O) groups is 1. The van der Waals surface area contributed by atoms with Gasteiger partial charge in [-0.25, -0.2) is 0 Å². The van der Waals surface area contributed by atoms with Crippen LogP contribution in [-0.4, -0.2) is 11.0 Å². The predicted molar refractivity (Wildman–Crippen MR) is 93.3 cm³/mol. The van der Waals surface area contributed by atoms with Crippen LogP contribution in [0.15, 0.2) is 48.7 Å². The van der Waals surface area contributed by atoms with E-state index in [1.807, 2.05) is 24.4 Å². The highest BCUT2D eigenvalue weighted by Crippen LogP contribution is 2.28. The van der Waals surface area contributed by atoms with Crippen LogP contribution < -0.4 is 4.74 Å². The van der Waals surface area contributed by atoms with Crippen LogP contribution in [0.1, 0.15) is 18.4 Å². The van der Waals surface area contributed by atoms with Crippen LogP contribution in [0.25, 0.3) is 10.9 Å². The van der Waals surface area contributed by atoms with Gasteiger partial charge < -0.3 is 9.72 Å². The number of hydrogen-bond donors (Lipinski definition) is 1. The summed E-state index contributed by atoms with van der Waals surface area (Å²) in [7, 11) is 0. The Balaban J connectivity index is 1.55. The molecule has 2 aromatic carbocycles. The molecule has 0 bridgehead atoms. The number of fused-ring (bicyclic) bond motifs is 1. The van der Waals surface area contributed by atoms with Crippen molar-refractivity contribution in [3.05, 3.63) is 64.3 Å². The second kappa shape index (κ2) is 7.07. The van der Waals surface area contributed by atoms with Crippen LogP contribution >= 0.6 is 23.2 Å². The summed E-state index contributed by atoms with van der Waals surface area (Å²) in [5.41, 5.74) is 2.32. The topological polar surface area (TPSA) is 42.1 Å². The molecule has 0 saturated carbocycles. The van der Waals surface area contributed by atoms with Gasteiger partial charge in [0, 0.05) is 28.5 Å². The number of aromatic nitrogens is 1. The highest BCUT2D eigenvalue weighted by atomic mass is 35.5.